The molecule has 132 valence electrons. The van der Waals surface area contributed by atoms with Gasteiger partial charge in [-0.15, -0.1) is 11.3 Å². The highest BCUT2D eigenvalue weighted by Crippen LogP contribution is 2.22. The van der Waals surface area contributed by atoms with Gasteiger partial charge in [0.1, 0.15) is 5.82 Å². The second kappa shape index (κ2) is 6.80. The molecule has 0 aliphatic heterocycles. The Morgan fingerprint density at radius 1 is 1.12 bits per heavy atom. The second-order valence-corrected chi connectivity index (χ2v) is 6.86. The molecule has 0 atom stereocenters. The van der Waals surface area contributed by atoms with Crippen molar-refractivity contribution in [1.82, 2.24) is 29.5 Å². The predicted octanol–water partition coefficient (Wildman–Crippen LogP) is 3.43. The summed E-state index contributed by atoms with van der Waals surface area (Å²) in [5.41, 5.74) is 4.99. The van der Waals surface area contributed by atoms with Crippen molar-refractivity contribution in [1.29, 1.82) is 0 Å². The van der Waals surface area contributed by atoms with Gasteiger partial charge in [0.2, 0.25) is 0 Å². The summed E-state index contributed by atoms with van der Waals surface area (Å²) >= 11 is 1.54. The summed E-state index contributed by atoms with van der Waals surface area (Å²) < 4.78 is 1.87. The number of nitrogens with zero attached hydrogens (tertiary/aromatic N) is 6. The predicted molar refractivity (Wildman–Crippen MR) is 102 cm³/mol. The van der Waals surface area contributed by atoms with E-state index >= 15 is 0 Å². The highest BCUT2D eigenvalue weighted by molar-refractivity contribution is 7.13. The molecule has 8 heteroatoms. The van der Waals surface area contributed by atoms with E-state index in [0.717, 1.165) is 45.5 Å². The maximum Gasteiger partial charge on any atom is 0.188 e. The van der Waals surface area contributed by atoms with Gasteiger partial charge in [-0.2, -0.15) is 9.61 Å². The van der Waals surface area contributed by atoms with E-state index in [1.54, 1.807) is 29.8 Å². The van der Waals surface area contributed by atoms with Crippen molar-refractivity contribution in [2.24, 2.45) is 0 Å². The summed E-state index contributed by atoms with van der Waals surface area (Å²) in [6.45, 7) is 6.77. The lowest BCUT2D eigenvalue weighted by atomic mass is 10.2. The average molecular weight is 365 g/mol. The SMILES string of the molecule is CCc1cc(NCc2csc(-c3ncccn3)n2)n2nc(C)c(C)c2n1. The minimum Gasteiger partial charge on any atom is -0.364 e. The molecule has 0 aliphatic rings. The molecule has 0 fully saturated rings. The summed E-state index contributed by atoms with van der Waals surface area (Å²) in [7, 11) is 0. The van der Waals surface area contributed by atoms with Crippen molar-refractivity contribution in [2.75, 3.05) is 5.32 Å². The minimum absolute atomic E-state index is 0.601. The van der Waals surface area contributed by atoms with Crippen LogP contribution in [-0.4, -0.2) is 29.5 Å². The first-order valence-corrected chi connectivity index (χ1v) is 9.35. The molecule has 4 rings (SSSR count). The van der Waals surface area contributed by atoms with Crippen molar-refractivity contribution in [2.45, 2.75) is 33.7 Å². The molecule has 0 saturated heterocycles. The third-order valence-corrected chi connectivity index (χ3v) is 5.12. The lowest BCUT2D eigenvalue weighted by molar-refractivity contribution is 0.885. The summed E-state index contributed by atoms with van der Waals surface area (Å²) in [4.78, 5) is 17.8. The molecule has 0 aliphatic carbocycles. The fraction of sp³-hybridized carbons (Fsp3) is 0.278. The van der Waals surface area contributed by atoms with E-state index in [9.17, 15) is 0 Å². The molecule has 0 aromatic carbocycles. The first kappa shape index (κ1) is 16.6. The molecule has 0 radical (unpaired) electrons. The van der Waals surface area contributed by atoms with Gasteiger partial charge in [-0.05, 0) is 26.3 Å². The van der Waals surface area contributed by atoms with E-state index in [1.807, 2.05) is 22.9 Å². The van der Waals surface area contributed by atoms with Crippen LogP contribution in [0.3, 0.4) is 0 Å². The maximum absolute atomic E-state index is 4.70. The van der Waals surface area contributed by atoms with Crippen LogP contribution in [0.4, 0.5) is 5.82 Å². The number of anilines is 1. The largest absolute Gasteiger partial charge is 0.364 e. The van der Waals surface area contributed by atoms with Gasteiger partial charge in [0.05, 0.1) is 17.9 Å². The van der Waals surface area contributed by atoms with Crippen LogP contribution in [0.15, 0.2) is 29.9 Å². The highest BCUT2D eigenvalue weighted by atomic mass is 32.1. The van der Waals surface area contributed by atoms with Crippen LogP contribution in [0, 0.1) is 13.8 Å². The summed E-state index contributed by atoms with van der Waals surface area (Å²) in [6, 6.07) is 3.85. The number of aryl methyl sites for hydroxylation is 3. The molecule has 7 nitrogen and oxygen atoms in total. The van der Waals surface area contributed by atoms with Gasteiger partial charge in [0.15, 0.2) is 16.5 Å². The van der Waals surface area contributed by atoms with Crippen LogP contribution in [0.25, 0.3) is 16.5 Å². The van der Waals surface area contributed by atoms with Crippen LogP contribution in [0.2, 0.25) is 0 Å². The summed E-state index contributed by atoms with van der Waals surface area (Å²) in [5, 5.41) is 10.9. The Kier molecular flexibility index (Phi) is 4.34. The van der Waals surface area contributed by atoms with Gasteiger partial charge in [0.25, 0.3) is 0 Å². The smallest absolute Gasteiger partial charge is 0.188 e. The molecule has 1 N–H and O–H groups in total. The van der Waals surface area contributed by atoms with Crippen LogP contribution < -0.4 is 5.32 Å². The Morgan fingerprint density at radius 2 is 1.92 bits per heavy atom. The van der Waals surface area contributed by atoms with Gasteiger partial charge in [-0.1, -0.05) is 6.92 Å². The molecule has 4 aromatic rings. The highest BCUT2D eigenvalue weighted by Gasteiger charge is 2.12. The lowest BCUT2D eigenvalue weighted by Gasteiger charge is -2.09. The van der Waals surface area contributed by atoms with Crippen LogP contribution in [-0.2, 0) is 13.0 Å². The lowest BCUT2D eigenvalue weighted by Crippen LogP contribution is -2.08. The third kappa shape index (κ3) is 3.03. The Bertz CT molecular complexity index is 1050. The zero-order valence-corrected chi connectivity index (χ0v) is 15.7. The number of fused-ring (bicyclic) bond motifs is 1. The van der Waals surface area contributed by atoms with Crippen LogP contribution in [0.1, 0.15) is 29.6 Å². The molecule has 0 amide bonds. The monoisotopic (exact) mass is 365 g/mol. The van der Waals surface area contributed by atoms with E-state index in [4.69, 9.17) is 4.98 Å². The number of hydrogen-bond donors (Lipinski definition) is 1. The number of rotatable bonds is 5. The van der Waals surface area contributed by atoms with Gasteiger partial charge in [0, 0.05) is 35.1 Å². The zero-order chi connectivity index (χ0) is 18.1. The molecular weight excluding hydrogens is 346 g/mol. The Balaban J connectivity index is 1.60. The molecule has 0 unspecified atom stereocenters. The molecule has 0 bridgehead atoms. The molecule has 0 saturated carbocycles. The minimum atomic E-state index is 0.601. The van der Waals surface area contributed by atoms with E-state index in [1.165, 1.54) is 0 Å². The number of hydrogen-bond acceptors (Lipinski definition) is 7. The Hall–Kier alpha value is -2.87. The zero-order valence-electron chi connectivity index (χ0n) is 14.9. The molecule has 0 spiro atoms. The molecule has 4 heterocycles. The van der Waals surface area contributed by atoms with Gasteiger partial charge in [-0.3, -0.25) is 0 Å². The number of thiazole rings is 1. The van der Waals surface area contributed by atoms with E-state index in [-0.39, 0.29) is 0 Å². The number of aromatic nitrogens is 6. The Labute approximate surface area is 155 Å². The van der Waals surface area contributed by atoms with E-state index in [2.05, 4.69) is 39.2 Å². The van der Waals surface area contributed by atoms with Crippen molar-refractivity contribution in [3.05, 3.63) is 52.6 Å². The van der Waals surface area contributed by atoms with Crippen molar-refractivity contribution < 1.29 is 0 Å². The van der Waals surface area contributed by atoms with Crippen molar-refractivity contribution in [3.8, 4) is 10.8 Å². The maximum atomic E-state index is 4.70. The average Bonchev–Trinajstić information content (AvgIpc) is 3.26. The normalized spacial score (nSPS) is 11.2. The number of nitrogens with one attached hydrogen (secondary N) is 1. The van der Waals surface area contributed by atoms with Crippen LogP contribution >= 0.6 is 11.3 Å². The van der Waals surface area contributed by atoms with Gasteiger partial charge in [-0.25, -0.2) is 19.9 Å². The topological polar surface area (TPSA) is 80.9 Å². The fourth-order valence-electron chi connectivity index (χ4n) is 2.67. The van der Waals surface area contributed by atoms with E-state index < -0.39 is 0 Å². The summed E-state index contributed by atoms with van der Waals surface area (Å²) in [6.07, 6.45) is 4.33. The van der Waals surface area contributed by atoms with Gasteiger partial charge < -0.3 is 5.32 Å². The fourth-order valence-corrected chi connectivity index (χ4v) is 3.43. The second-order valence-electron chi connectivity index (χ2n) is 6.00. The molecular formula is C18H19N7S. The molecule has 4 aromatic heterocycles. The standard InChI is InChI=1S/C18H19N7S/c1-4-13-8-15(25-17(22-13)11(2)12(3)24-25)21-9-14-10-26-18(23-14)16-19-6-5-7-20-16/h5-8,10,21H,4,9H2,1-3H3. The first-order valence-electron chi connectivity index (χ1n) is 8.47. The molecule has 26 heavy (non-hydrogen) atoms. The third-order valence-electron chi connectivity index (χ3n) is 4.23. The Morgan fingerprint density at radius 3 is 2.69 bits per heavy atom. The van der Waals surface area contributed by atoms with Gasteiger partial charge >= 0.3 is 0 Å². The van der Waals surface area contributed by atoms with Crippen molar-refractivity contribution in [3.63, 3.8) is 0 Å². The van der Waals surface area contributed by atoms with Crippen molar-refractivity contribution >= 4 is 22.8 Å². The van der Waals surface area contributed by atoms with Crippen LogP contribution in [0.5, 0.6) is 0 Å². The summed E-state index contributed by atoms with van der Waals surface area (Å²) in [5.74, 6) is 1.58. The first-order chi connectivity index (χ1) is 12.7. The quantitative estimate of drug-likeness (QED) is 0.583. The van der Waals surface area contributed by atoms with E-state index in [0.29, 0.717) is 12.4 Å².